The highest BCUT2D eigenvalue weighted by atomic mass is 32.2. The van der Waals surface area contributed by atoms with Gasteiger partial charge in [0.2, 0.25) is 0 Å². The lowest BCUT2D eigenvalue weighted by atomic mass is 10.3. The Kier molecular flexibility index (Phi) is 7.06. The van der Waals surface area contributed by atoms with E-state index in [0.29, 0.717) is 19.5 Å². The van der Waals surface area contributed by atoms with Crippen molar-refractivity contribution in [1.82, 2.24) is 5.32 Å². The summed E-state index contributed by atoms with van der Waals surface area (Å²) in [6.45, 7) is 2.75. The molecular weight excluding hydrogens is 218 g/mol. The number of sulfone groups is 1. The average molecular weight is 237 g/mol. The second-order valence-corrected chi connectivity index (χ2v) is 5.65. The second-order valence-electron chi connectivity index (χ2n) is 3.18. The Morgan fingerprint density at radius 3 is 2.67 bits per heavy atom. The smallest absolute Gasteiger partial charge is 0.151 e. The van der Waals surface area contributed by atoms with Gasteiger partial charge in [-0.2, -0.15) is 0 Å². The number of nitrogens with one attached hydrogen (secondary N) is 1. The van der Waals surface area contributed by atoms with E-state index in [1.165, 1.54) is 0 Å². The second kappa shape index (κ2) is 7.47. The first-order valence-corrected chi connectivity index (χ1v) is 6.71. The molecule has 0 saturated carbocycles. The lowest BCUT2D eigenvalue weighted by Crippen LogP contribution is -2.25. The summed E-state index contributed by atoms with van der Waals surface area (Å²) >= 11 is 0. The lowest BCUT2D eigenvalue weighted by Gasteiger charge is -2.04. The first kappa shape index (κ1) is 14.2. The third kappa shape index (κ3) is 8.19. The summed E-state index contributed by atoms with van der Waals surface area (Å²) in [5, 5.41) is 14.1. The fraction of sp³-hybridized carbons (Fsp3) is 0.875. The van der Waals surface area contributed by atoms with E-state index in [-0.39, 0.29) is 17.3 Å². The summed E-state index contributed by atoms with van der Waals surface area (Å²) in [4.78, 5) is 0. The summed E-state index contributed by atoms with van der Waals surface area (Å²) in [6.07, 6.45) is 1.23. The van der Waals surface area contributed by atoms with Crippen molar-refractivity contribution in [2.24, 2.45) is 10.9 Å². The molecule has 90 valence electrons. The fourth-order valence-corrected chi connectivity index (χ4v) is 1.69. The Hall–Kier alpha value is -0.820. The van der Waals surface area contributed by atoms with Crippen LogP contribution in [0.25, 0.3) is 0 Å². The number of hydrogen-bond donors (Lipinski definition) is 3. The predicted octanol–water partition coefficient (Wildman–Crippen LogP) is -0.463. The molecule has 0 heterocycles. The zero-order chi connectivity index (χ0) is 11.7. The van der Waals surface area contributed by atoms with Gasteiger partial charge in [-0.05, 0) is 13.0 Å². The predicted molar refractivity (Wildman–Crippen MR) is 59.8 cm³/mol. The SMILES string of the molecule is CCS(=O)(=O)CCNCCCC(N)=NO. The van der Waals surface area contributed by atoms with E-state index in [2.05, 4.69) is 10.5 Å². The molecule has 0 aromatic heterocycles. The Balaban J connectivity index is 3.41. The zero-order valence-electron chi connectivity index (χ0n) is 8.94. The number of oxime groups is 1. The van der Waals surface area contributed by atoms with Gasteiger partial charge in [0.25, 0.3) is 0 Å². The minimum atomic E-state index is -2.88. The molecule has 0 bridgehead atoms. The van der Waals surface area contributed by atoms with Crippen molar-refractivity contribution in [3.8, 4) is 0 Å². The molecule has 0 amide bonds. The van der Waals surface area contributed by atoms with Crippen LogP contribution in [0.15, 0.2) is 5.16 Å². The fourth-order valence-electron chi connectivity index (χ4n) is 0.942. The molecule has 0 fully saturated rings. The molecule has 6 nitrogen and oxygen atoms in total. The minimum Gasteiger partial charge on any atom is -0.409 e. The summed E-state index contributed by atoms with van der Waals surface area (Å²) in [7, 11) is -2.88. The van der Waals surface area contributed by atoms with Crippen molar-refractivity contribution in [1.29, 1.82) is 0 Å². The first-order valence-electron chi connectivity index (χ1n) is 4.89. The van der Waals surface area contributed by atoms with Gasteiger partial charge in [-0.15, -0.1) is 0 Å². The van der Waals surface area contributed by atoms with Crippen molar-refractivity contribution >= 4 is 15.7 Å². The molecule has 0 aromatic rings. The molecule has 7 heteroatoms. The van der Waals surface area contributed by atoms with E-state index in [4.69, 9.17) is 10.9 Å². The van der Waals surface area contributed by atoms with Crippen molar-refractivity contribution in [3.05, 3.63) is 0 Å². The van der Waals surface area contributed by atoms with Crippen molar-refractivity contribution in [2.75, 3.05) is 24.6 Å². The van der Waals surface area contributed by atoms with Crippen LogP contribution in [0.2, 0.25) is 0 Å². The summed E-state index contributed by atoms with van der Waals surface area (Å²) in [6, 6.07) is 0. The van der Waals surface area contributed by atoms with Crippen LogP contribution in [-0.4, -0.2) is 44.1 Å². The van der Waals surface area contributed by atoms with Crippen molar-refractivity contribution in [2.45, 2.75) is 19.8 Å². The maximum atomic E-state index is 11.1. The van der Waals surface area contributed by atoms with E-state index in [9.17, 15) is 8.42 Å². The summed E-state index contributed by atoms with van der Waals surface area (Å²) in [5.41, 5.74) is 5.25. The average Bonchev–Trinajstić information content (AvgIpc) is 2.22. The van der Waals surface area contributed by atoms with Gasteiger partial charge in [0.1, 0.15) is 5.84 Å². The molecule has 0 unspecified atom stereocenters. The summed E-state index contributed by atoms with van der Waals surface area (Å²) in [5.74, 6) is 0.532. The maximum absolute atomic E-state index is 11.1. The van der Waals surface area contributed by atoms with Crippen LogP contribution in [0.5, 0.6) is 0 Å². The Morgan fingerprint density at radius 2 is 2.13 bits per heavy atom. The molecule has 0 aliphatic carbocycles. The van der Waals surface area contributed by atoms with E-state index >= 15 is 0 Å². The first-order chi connectivity index (χ1) is 7.02. The van der Waals surface area contributed by atoms with Gasteiger partial charge in [0, 0.05) is 18.7 Å². The van der Waals surface area contributed by atoms with Gasteiger partial charge < -0.3 is 16.3 Å². The lowest BCUT2D eigenvalue weighted by molar-refractivity contribution is 0.316. The molecular formula is C8H19N3O3S. The monoisotopic (exact) mass is 237 g/mol. The maximum Gasteiger partial charge on any atom is 0.151 e. The summed E-state index contributed by atoms with van der Waals surface area (Å²) < 4.78 is 22.1. The van der Waals surface area contributed by atoms with Gasteiger partial charge in [0.05, 0.1) is 5.75 Å². The van der Waals surface area contributed by atoms with E-state index in [0.717, 1.165) is 6.42 Å². The van der Waals surface area contributed by atoms with Crippen LogP contribution in [0.4, 0.5) is 0 Å². The quantitative estimate of drug-likeness (QED) is 0.174. The molecule has 0 spiro atoms. The van der Waals surface area contributed by atoms with E-state index in [1.807, 2.05) is 0 Å². The van der Waals surface area contributed by atoms with Crippen LogP contribution >= 0.6 is 0 Å². The highest BCUT2D eigenvalue weighted by molar-refractivity contribution is 7.91. The van der Waals surface area contributed by atoms with Crippen molar-refractivity contribution < 1.29 is 13.6 Å². The number of nitrogens with two attached hydrogens (primary N) is 1. The Bertz CT molecular complexity index is 288. The van der Waals surface area contributed by atoms with Gasteiger partial charge in [-0.3, -0.25) is 0 Å². The van der Waals surface area contributed by atoms with E-state index < -0.39 is 9.84 Å². The number of rotatable bonds is 8. The standard InChI is InChI=1S/C8H19N3O3S/c1-2-15(13,14)7-6-10-5-3-4-8(9)11-12/h10,12H,2-7H2,1H3,(H2,9,11). The number of amidine groups is 1. The van der Waals surface area contributed by atoms with E-state index in [1.54, 1.807) is 6.92 Å². The molecule has 4 N–H and O–H groups in total. The number of nitrogens with zero attached hydrogens (tertiary/aromatic N) is 1. The third-order valence-electron chi connectivity index (χ3n) is 1.94. The van der Waals surface area contributed by atoms with Crippen LogP contribution in [0, 0.1) is 0 Å². The molecule has 0 atom stereocenters. The molecule has 0 aliphatic heterocycles. The van der Waals surface area contributed by atoms with Gasteiger partial charge in [-0.1, -0.05) is 12.1 Å². The van der Waals surface area contributed by atoms with Crippen LogP contribution in [0.1, 0.15) is 19.8 Å². The largest absolute Gasteiger partial charge is 0.409 e. The minimum absolute atomic E-state index is 0.160. The number of hydrogen-bond acceptors (Lipinski definition) is 5. The Morgan fingerprint density at radius 1 is 1.47 bits per heavy atom. The van der Waals surface area contributed by atoms with Crippen molar-refractivity contribution in [3.63, 3.8) is 0 Å². The van der Waals surface area contributed by atoms with Gasteiger partial charge >= 0.3 is 0 Å². The zero-order valence-corrected chi connectivity index (χ0v) is 9.76. The van der Waals surface area contributed by atoms with Crippen LogP contribution < -0.4 is 11.1 Å². The molecule has 0 rings (SSSR count). The van der Waals surface area contributed by atoms with Crippen LogP contribution in [-0.2, 0) is 9.84 Å². The highest BCUT2D eigenvalue weighted by Crippen LogP contribution is 1.89. The highest BCUT2D eigenvalue weighted by Gasteiger charge is 2.05. The molecule has 0 aromatic carbocycles. The normalized spacial score (nSPS) is 13.0. The molecule has 15 heavy (non-hydrogen) atoms. The Labute approximate surface area is 90.5 Å². The molecule has 0 saturated heterocycles. The topological polar surface area (TPSA) is 105 Å². The van der Waals surface area contributed by atoms with Crippen LogP contribution in [0.3, 0.4) is 0 Å². The third-order valence-corrected chi connectivity index (χ3v) is 3.65. The van der Waals surface area contributed by atoms with Gasteiger partial charge in [0.15, 0.2) is 9.84 Å². The molecule has 0 radical (unpaired) electrons. The van der Waals surface area contributed by atoms with Gasteiger partial charge in [-0.25, -0.2) is 8.42 Å². The molecule has 0 aliphatic rings.